The lowest BCUT2D eigenvalue weighted by Gasteiger charge is -2.36. The zero-order chi connectivity index (χ0) is 14.3. The van der Waals surface area contributed by atoms with E-state index in [2.05, 4.69) is 10.3 Å². The predicted molar refractivity (Wildman–Crippen MR) is 74.8 cm³/mol. The molecule has 5 nitrogen and oxygen atoms in total. The van der Waals surface area contributed by atoms with Crippen LogP contribution in [0.5, 0.6) is 0 Å². The Bertz CT molecular complexity index is 558. The number of piperidine rings is 1. The Hall–Kier alpha value is -1.33. The summed E-state index contributed by atoms with van der Waals surface area (Å²) in [5.74, 6) is -0.207. The lowest BCUT2D eigenvalue weighted by molar-refractivity contribution is -0.123. The standard InChI is InChI=1S/C13H13Cl2N3O2/c14-10-4-7(5-11(15)17-10)13(20)18-3-1-2-8-9(18)6-16-12(8)19/h4-5,8-9H,1-3,6H2,(H,16,19). The van der Waals surface area contributed by atoms with Gasteiger partial charge in [-0.1, -0.05) is 23.2 Å². The van der Waals surface area contributed by atoms with Crippen molar-refractivity contribution in [2.45, 2.75) is 18.9 Å². The van der Waals surface area contributed by atoms with Crippen molar-refractivity contribution in [3.8, 4) is 0 Å². The van der Waals surface area contributed by atoms with Crippen molar-refractivity contribution < 1.29 is 9.59 Å². The molecule has 20 heavy (non-hydrogen) atoms. The van der Waals surface area contributed by atoms with Crippen LogP contribution in [0.25, 0.3) is 0 Å². The summed E-state index contributed by atoms with van der Waals surface area (Å²) in [4.78, 5) is 29.9. The fraction of sp³-hybridized carbons (Fsp3) is 0.462. The highest BCUT2D eigenvalue weighted by molar-refractivity contribution is 6.33. The fourth-order valence-electron chi connectivity index (χ4n) is 2.96. The van der Waals surface area contributed by atoms with E-state index >= 15 is 0 Å². The van der Waals surface area contributed by atoms with Crippen molar-refractivity contribution in [3.63, 3.8) is 0 Å². The molecule has 2 saturated heterocycles. The van der Waals surface area contributed by atoms with Gasteiger partial charge in [0.15, 0.2) is 0 Å². The van der Waals surface area contributed by atoms with Crippen molar-refractivity contribution in [1.82, 2.24) is 15.2 Å². The third kappa shape index (κ3) is 2.36. The average Bonchev–Trinajstić information content (AvgIpc) is 2.79. The molecule has 2 amide bonds. The molecule has 0 bridgehead atoms. The summed E-state index contributed by atoms with van der Waals surface area (Å²) in [5, 5.41) is 3.20. The molecule has 2 fully saturated rings. The third-order valence-corrected chi connectivity index (χ3v) is 4.26. The zero-order valence-corrected chi connectivity index (χ0v) is 12.1. The van der Waals surface area contributed by atoms with E-state index in [4.69, 9.17) is 23.2 Å². The van der Waals surface area contributed by atoms with Crippen LogP contribution in [-0.2, 0) is 4.79 Å². The predicted octanol–water partition coefficient (Wildman–Crippen LogP) is 1.74. The first-order valence-electron chi connectivity index (χ1n) is 6.48. The molecule has 3 heterocycles. The maximum Gasteiger partial charge on any atom is 0.254 e. The molecule has 2 unspecified atom stereocenters. The van der Waals surface area contributed by atoms with Gasteiger partial charge < -0.3 is 10.2 Å². The maximum absolute atomic E-state index is 12.6. The number of rotatable bonds is 1. The van der Waals surface area contributed by atoms with E-state index in [0.29, 0.717) is 18.7 Å². The summed E-state index contributed by atoms with van der Waals surface area (Å²) >= 11 is 11.7. The topological polar surface area (TPSA) is 62.3 Å². The van der Waals surface area contributed by atoms with Gasteiger partial charge in [0.25, 0.3) is 5.91 Å². The van der Waals surface area contributed by atoms with E-state index in [0.717, 1.165) is 12.8 Å². The minimum atomic E-state index is -0.151. The van der Waals surface area contributed by atoms with Gasteiger partial charge >= 0.3 is 0 Å². The minimum Gasteiger partial charge on any atom is -0.354 e. The van der Waals surface area contributed by atoms with E-state index in [9.17, 15) is 9.59 Å². The molecule has 7 heteroatoms. The number of hydrogen-bond donors (Lipinski definition) is 1. The lowest BCUT2D eigenvalue weighted by atomic mass is 9.91. The number of nitrogens with zero attached hydrogens (tertiary/aromatic N) is 2. The van der Waals surface area contributed by atoms with E-state index in [1.807, 2.05) is 0 Å². The number of aromatic nitrogens is 1. The van der Waals surface area contributed by atoms with Crippen molar-refractivity contribution in [3.05, 3.63) is 28.0 Å². The van der Waals surface area contributed by atoms with E-state index in [-0.39, 0.29) is 34.1 Å². The number of amides is 2. The van der Waals surface area contributed by atoms with Crippen molar-refractivity contribution in [2.75, 3.05) is 13.1 Å². The number of halogens is 2. The molecule has 0 spiro atoms. The lowest BCUT2D eigenvalue weighted by Crippen LogP contribution is -2.48. The third-order valence-electron chi connectivity index (χ3n) is 3.87. The van der Waals surface area contributed by atoms with Gasteiger partial charge in [0.2, 0.25) is 5.91 Å². The Labute approximate surface area is 126 Å². The molecular weight excluding hydrogens is 301 g/mol. The number of likely N-dealkylation sites (tertiary alicyclic amines) is 1. The summed E-state index contributed by atoms with van der Waals surface area (Å²) in [7, 11) is 0. The molecule has 2 aliphatic heterocycles. The molecule has 3 rings (SSSR count). The van der Waals surface area contributed by atoms with Gasteiger partial charge in [0.1, 0.15) is 10.3 Å². The number of nitrogens with one attached hydrogen (secondary N) is 1. The molecular formula is C13H13Cl2N3O2. The Balaban J connectivity index is 1.88. The van der Waals surface area contributed by atoms with Gasteiger partial charge in [-0.05, 0) is 25.0 Å². The molecule has 2 atom stereocenters. The molecule has 0 aliphatic carbocycles. The summed E-state index contributed by atoms with van der Waals surface area (Å²) in [6.45, 7) is 1.16. The molecule has 2 aliphatic rings. The Morgan fingerprint density at radius 2 is 2.05 bits per heavy atom. The van der Waals surface area contributed by atoms with Gasteiger partial charge in [-0.3, -0.25) is 9.59 Å². The van der Waals surface area contributed by atoms with Crippen molar-refractivity contribution in [1.29, 1.82) is 0 Å². The first kappa shape index (κ1) is 13.6. The number of fused-ring (bicyclic) bond motifs is 1. The highest BCUT2D eigenvalue weighted by Crippen LogP contribution is 2.29. The monoisotopic (exact) mass is 313 g/mol. The SMILES string of the molecule is O=C1NCC2C1CCCN2C(=O)c1cc(Cl)nc(Cl)c1. The van der Waals surface area contributed by atoms with Gasteiger partial charge in [0.05, 0.1) is 12.0 Å². The maximum atomic E-state index is 12.6. The summed E-state index contributed by atoms with van der Waals surface area (Å²) < 4.78 is 0. The largest absolute Gasteiger partial charge is 0.354 e. The van der Waals surface area contributed by atoms with Crippen LogP contribution in [0.4, 0.5) is 0 Å². The molecule has 0 saturated carbocycles. The van der Waals surface area contributed by atoms with Crippen LogP contribution in [-0.4, -0.2) is 40.8 Å². The first-order chi connectivity index (χ1) is 9.56. The quantitative estimate of drug-likeness (QED) is 0.803. The van der Waals surface area contributed by atoms with Crippen LogP contribution in [0.2, 0.25) is 10.3 Å². The number of carbonyl (C=O) groups excluding carboxylic acids is 2. The molecule has 0 aromatic carbocycles. The van der Waals surface area contributed by atoms with E-state index in [1.165, 1.54) is 12.1 Å². The normalized spacial score (nSPS) is 25.3. The van der Waals surface area contributed by atoms with Crippen LogP contribution in [0.3, 0.4) is 0 Å². The van der Waals surface area contributed by atoms with E-state index < -0.39 is 0 Å². The second-order valence-electron chi connectivity index (χ2n) is 5.06. The second kappa shape index (κ2) is 5.22. The van der Waals surface area contributed by atoms with E-state index in [1.54, 1.807) is 4.90 Å². The Morgan fingerprint density at radius 1 is 1.35 bits per heavy atom. The highest BCUT2D eigenvalue weighted by Gasteiger charge is 2.42. The minimum absolute atomic E-state index is 0.0401. The van der Waals surface area contributed by atoms with Crippen LogP contribution >= 0.6 is 23.2 Å². The molecule has 1 aromatic heterocycles. The number of hydrogen-bond acceptors (Lipinski definition) is 3. The Kier molecular flexibility index (Phi) is 3.56. The highest BCUT2D eigenvalue weighted by atomic mass is 35.5. The summed E-state index contributed by atoms with van der Waals surface area (Å²) in [6, 6.07) is 2.93. The second-order valence-corrected chi connectivity index (χ2v) is 5.84. The van der Waals surface area contributed by atoms with Crippen LogP contribution in [0.1, 0.15) is 23.2 Å². The fourth-order valence-corrected chi connectivity index (χ4v) is 3.42. The van der Waals surface area contributed by atoms with Gasteiger partial charge in [0, 0.05) is 18.7 Å². The smallest absolute Gasteiger partial charge is 0.254 e. The van der Waals surface area contributed by atoms with Crippen molar-refractivity contribution in [2.24, 2.45) is 5.92 Å². The summed E-state index contributed by atoms with van der Waals surface area (Å²) in [6.07, 6.45) is 1.66. The van der Waals surface area contributed by atoms with Crippen LogP contribution in [0.15, 0.2) is 12.1 Å². The molecule has 1 N–H and O–H groups in total. The summed E-state index contributed by atoms with van der Waals surface area (Å²) in [5.41, 5.74) is 0.412. The van der Waals surface area contributed by atoms with Gasteiger partial charge in [-0.15, -0.1) is 0 Å². The molecule has 1 aromatic rings. The molecule has 106 valence electrons. The zero-order valence-electron chi connectivity index (χ0n) is 10.6. The van der Waals surface area contributed by atoms with Crippen molar-refractivity contribution >= 4 is 35.0 Å². The number of carbonyl (C=O) groups is 2. The average molecular weight is 314 g/mol. The van der Waals surface area contributed by atoms with Gasteiger partial charge in [-0.25, -0.2) is 4.98 Å². The van der Waals surface area contributed by atoms with Crippen LogP contribution in [0, 0.1) is 5.92 Å². The van der Waals surface area contributed by atoms with Gasteiger partial charge in [-0.2, -0.15) is 0 Å². The Morgan fingerprint density at radius 3 is 2.75 bits per heavy atom. The molecule has 0 radical (unpaired) electrons. The first-order valence-corrected chi connectivity index (χ1v) is 7.23. The van der Waals surface area contributed by atoms with Crippen LogP contribution < -0.4 is 5.32 Å². The number of pyridine rings is 1.